The maximum atomic E-state index is 10.2. The molecule has 2 heterocycles. The number of aromatic nitrogens is 2. The number of rotatable bonds is 4. The second kappa shape index (κ2) is 5.99. The van der Waals surface area contributed by atoms with Crippen LogP contribution in [0, 0.1) is 0 Å². The molecule has 0 fully saturated rings. The van der Waals surface area contributed by atoms with Gasteiger partial charge in [-0.2, -0.15) is 0 Å². The van der Waals surface area contributed by atoms with Gasteiger partial charge in [-0.25, -0.2) is 9.97 Å². The fourth-order valence-corrected chi connectivity index (χ4v) is 1.72. The first-order valence-electron chi connectivity index (χ1n) is 5.98. The molecular weight excluding hydrogens is 264 g/mol. The van der Waals surface area contributed by atoms with Gasteiger partial charge in [0.2, 0.25) is 5.88 Å². The van der Waals surface area contributed by atoms with E-state index in [0.29, 0.717) is 22.2 Å². The highest BCUT2D eigenvalue weighted by Gasteiger charge is 2.11. The van der Waals surface area contributed by atoms with E-state index in [4.69, 9.17) is 16.3 Å². The lowest BCUT2D eigenvalue weighted by molar-refractivity contribution is 0.216. The molecule has 1 unspecified atom stereocenters. The number of aliphatic hydroxyl groups excluding tert-OH is 1. The predicted molar refractivity (Wildman–Crippen MR) is 73.3 cm³/mol. The van der Waals surface area contributed by atoms with Crippen LogP contribution in [0.15, 0.2) is 36.7 Å². The highest BCUT2D eigenvalue weighted by Crippen LogP contribution is 2.22. The predicted octanol–water partition coefficient (Wildman–Crippen LogP) is 3.00. The number of aliphatic hydroxyl groups is 1. The van der Waals surface area contributed by atoms with E-state index in [0.717, 1.165) is 0 Å². The number of pyridine rings is 2. The van der Waals surface area contributed by atoms with E-state index in [9.17, 15) is 5.11 Å². The summed E-state index contributed by atoms with van der Waals surface area (Å²) in [4.78, 5) is 8.10. The Hall–Kier alpha value is -1.65. The van der Waals surface area contributed by atoms with Crippen LogP contribution in [0.4, 0.5) is 0 Å². The monoisotopic (exact) mass is 278 g/mol. The highest BCUT2D eigenvalue weighted by atomic mass is 35.5. The number of nitrogens with zero attached hydrogens (tertiary/aromatic N) is 2. The number of ether oxygens (including phenoxy) is 1. The third-order valence-electron chi connectivity index (χ3n) is 2.50. The number of halogens is 1. The summed E-state index contributed by atoms with van der Waals surface area (Å²) in [5.41, 5.74) is 1.35. The third kappa shape index (κ3) is 3.66. The Kier molecular flexibility index (Phi) is 4.35. The molecule has 100 valence electrons. The quantitative estimate of drug-likeness (QED) is 0.874. The van der Waals surface area contributed by atoms with E-state index >= 15 is 0 Å². The molecule has 5 heteroatoms. The van der Waals surface area contributed by atoms with Crippen molar-refractivity contribution < 1.29 is 9.84 Å². The van der Waals surface area contributed by atoms with Crippen LogP contribution in [-0.4, -0.2) is 21.2 Å². The second-order valence-corrected chi connectivity index (χ2v) is 4.80. The van der Waals surface area contributed by atoms with E-state index in [1.807, 2.05) is 13.8 Å². The van der Waals surface area contributed by atoms with Crippen LogP contribution in [0.3, 0.4) is 0 Å². The van der Waals surface area contributed by atoms with Crippen LogP contribution in [0.5, 0.6) is 5.88 Å². The van der Waals surface area contributed by atoms with Crippen LogP contribution in [0.2, 0.25) is 5.15 Å². The van der Waals surface area contributed by atoms with Crippen molar-refractivity contribution in [2.75, 3.05) is 0 Å². The molecule has 0 radical (unpaired) electrons. The first kappa shape index (κ1) is 13.8. The van der Waals surface area contributed by atoms with Crippen molar-refractivity contribution in [3.8, 4) is 5.88 Å². The summed E-state index contributed by atoms with van der Waals surface area (Å²) in [6.45, 7) is 3.87. The first-order valence-corrected chi connectivity index (χ1v) is 6.36. The van der Waals surface area contributed by atoms with Crippen LogP contribution < -0.4 is 4.74 Å². The molecule has 19 heavy (non-hydrogen) atoms. The molecule has 0 spiro atoms. The van der Waals surface area contributed by atoms with E-state index in [2.05, 4.69) is 9.97 Å². The number of hydrogen-bond acceptors (Lipinski definition) is 4. The molecule has 0 aromatic carbocycles. The van der Waals surface area contributed by atoms with Crippen LogP contribution in [0.1, 0.15) is 31.1 Å². The molecule has 0 aliphatic carbocycles. The summed E-state index contributed by atoms with van der Waals surface area (Å²) >= 11 is 5.71. The summed E-state index contributed by atoms with van der Waals surface area (Å²) in [6.07, 6.45) is 2.44. The lowest BCUT2D eigenvalue weighted by Gasteiger charge is -2.12. The lowest BCUT2D eigenvalue weighted by atomic mass is 10.1. The van der Waals surface area contributed by atoms with Gasteiger partial charge < -0.3 is 9.84 Å². The van der Waals surface area contributed by atoms with E-state index in [-0.39, 0.29) is 6.10 Å². The maximum absolute atomic E-state index is 10.2. The smallest absolute Gasteiger partial charge is 0.213 e. The molecule has 2 rings (SSSR count). The molecule has 0 aliphatic heterocycles. The van der Waals surface area contributed by atoms with Gasteiger partial charge in [-0.1, -0.05) is 17.7 Å². The van der Waals surface area contributed by atoms with Crippen LogP contribution >= 0.6 is 11.6 Å². The average Bonchev–Trinajstić information content (AvgIpc) is 2.39. The Labute approximate surface area is 117 Å². The van der Waals surface area contributed by atoms with Gasteiger partial charge in [-0.3, -0.25) is 0 Å². The fourth-order valence-electron chi connectivity index (χ4n) is 1.61. The van der Waals surface area contributed by atoms with Gasteiger partial charge in [0, 0.05) is 29.6 Å². The van der Waals surface area contributed by atoms with Gasteiger partial charge >= 0.3 is 0 Å². The summed E-state index contributed by atoms with van der Waals surface area (Å²) in [6, 6.07) is 6.90. The van der Waals surface area contributed by atoms with Crippen molar-refractivity contribution in [1.29, 1.82) is 0 Å². The van der Waals surface area contributed by atoms with Gasteiger partial charge in [-0.05, 0) is 26.0 Å². The molecule has 2 aromatic heterocycles. The minimum atomic E-state index is -0.773. The third-order valence-corrected chi connectivity index (χ3v) is 2.72. The Morgan fingerprint density at radius 2 is 1.68 bits per heavy atom. The summed E-state index contributed by atoms with van der Waals surface area (Å²) in [5, 5.41) is 10.6. The Morgan fingerprint density at radius 3 is 2.16 bits per heavy atom. The molecule has 2 aromatic rings. The van der Waals surface area contributed by atoms with E-state index in [1.54, 1.807) is 36.7 Å². The normalized spacial score (nSPS) is 12.5. The van der Waals surface area contributed by atoms with Gasteiger partial charge in [0.1, 0.15) is 11.3 Å². The molecule has 1 N–H and O–H groups in total. The van der Waals surface area contributed by atoms with Crippen molar-refractivity contribution in [2.24, 2.45) is 0 Å². The molecule has 0 saturated heterocycles. The first-order chi connectivity index (χ1) is 9.06. The van der Waals surface area contributed by atoms with Gasteiger partial charge in [-0.15, -0.1) is 0 Å². The Morgan fingerprint density at radius 1 is 1.05 bits per heavy atom. The SMILES string of the molecule is CC(C)Oc1ccc(C(O)c2ccc(Cl)nc2)cn1. The van der Waals surface area contributed by atoms with Gasteiger partial charge in [0.15, 0.2) is 0 Å². The minimum Gasteiger partial charge on any atom is -0.475 e. The van der Waals surface area contributed by atoms with E-state index < -0.39 is 6.10 Å². The molecule has 0 saturated carbocycles. The molecular formula is C14H15ClN2O2. The van der Waals surface area contributed by atoms with Gasteiger partial charge in [0.25, 0.3) is 0 Å². The zero-order chi connectivity index (χ0) is 13.8. The van der Waals surface area contributed by atoms with Gasteiger partial charge in [0.05, 0.1) is 6.10 Å². The zero-order valence-corrected chi connectivity index (χ0v) is 11.5. The highest BCUT2D eigenvalue weighted by molar-refractivity contribution is 6.29. The van der Waals surface area contributed by atoms with Crippen LogP contribution in [0.25, 0.3) is 0 Å². The molecule has 0 bridgehead atoms. The Balaban J connectivity index is 2.15. The summed E-state index contributed by atoms with van der Waals surface area (Å²) in [5.74, 6) is 0.542. The summed E-state index contributed by atoms with van der Waals surface area (Å²) in [7, 11) is 0. The van der Waals surface area contributed by atoms with E-state index in [1.165, 1.54) is 0 Å². The van der Waals surface area contributed by atoms with Crippen molar-refractivity contribution in [2.45, 2.75) is 26.1 Å². The lowest BCUT2D eigenvalue weighted by Crippen LogP contribution is -2.07. The van der Waals surface area contributed by atoms with Crippen molar-refractivity contribution in [3.63, 3.8) is 0 Å². The fraction of sp³-hybridized carbons (Fsp3) is 0.286. The van der Waals surface area contributed by atoms with Crippen molar-refractivity contribution >= 4 is 11.6 Å². The largest absolute Gasteiger partial charge is 0.475 e. The average molecular weight is 279 g/mol. The molecule has 1 atom stereocenters. The summed E-state index contributed by atoms with van der Waals surface area (Å²) < 4.78 is 5.45. The number of hydrogen-bond donors (Lipinski definition) is 1. The molecule has 0 amide bonds. The topological polar surface area (TPSA) is 55.2 Å². The molecule has 0 aliphatic rings. The molecule has 4 nitrogen and oxygen atoms in total. The minimum absolute atomic E-state index is 0.0729. The standard InChI is InChI=1S/C14H15ClN2O2/c1-9(2)19-13-6-4-11(8-17-13)14(18)10-3-5-12(15)16-7-10/h3-9,14,18H,1-2H3. The zero-order valence-electron chi connectivity index (χ0n) is 10.7. The van der Waals surface area contributed by atoms with Crippen LogP contribution in [-0.2, 0) is 0 Å². The Bertz CT molecular complexity index is 526. The second-order valence-electron chi connectivity index (χ2n) is 4.41. The maximum Gasteiger partial charge on any atom is 0.213 e. The van der Waals surface area contributed by atoms with Crippen molar-refractivity contribution in [3.05, 3.63) is 52.9 Å². The van der Waals surface area contributed by atoms with Crippen molar-refractivity contribution in [1.82, 2.24) is 9.97 Å².